The molecule has 0 saturated carbocycles. The number of rotatable bonds is 5. The van der Waals surface area contributed by atoms with E-state index in [2.05, 4.69) is 5.32 Å². The molecular formula is C14H28N2O3. The molecule has 5 nitrogen and oxygen atoms in total. The van der Waals surface area contributed by atoms with Crippen LogP contribution >= 0.6 is 0 Å². The van der Waals surface area contributed by atoms with Crippen LogP contribution in [-0.2, 0) is 0 Å². The van der Waals surface area contributed by atoms with E-state index in [1.54, 1.807) is 6.92 Å². The number of hydrogen-bond donors (Lipinski definition) is 3. The third kappa shape index (κ3) is 5.78. The maximum atomic E-state index is 12.0. The van der Waals surface area contributed by atoms with Gasteiger partial charge in [0.25, 0.3) is 0 Å². The van der Waals surface area contributed by atoms with Gasteiger partial charge in [-0.2, -0.15) is 0 Å². The average Bonchev–Trinajstić information content (AvgIpc) is 2.34. The number of carbonyl (C=O) groups is 1. The first-order valence-corrected chi connectivity index (χ1v) is 7.16. The molecule has 0 aromatic heterocycles. The van der Waals surface area contributed by atoms with Crippen molar-refractivity contribution >= 4 is 6.03 Å². The van der Waals surface area contributed by atoms with Gasteiger partial charge in [-0.05, 0) is 37.5 Å². The molecule has 2 amide bonds. The molecule has 0 aromatic rings. The number of amides is 2. The molecule has 1 atom stereocenters. The van der Waals surface area contributed by atoms with Crippen molar-refractivity contribution in [2.24, 2.45) is 11.3 Å². The fourth-order valence-corrected chi connectivity index (χ4v) is 2.62. The smallest absolute Gasteiger partial charge is 0.317 e. The summed E-state index contributed by atoms with van der Waals surface area (Å²) < 4.78 is 0. The highest BCUT2D eigenvalue weighted by Gasteiger charge is 2.25. The zero-order valence-electron chi connectivity index (χ0n) is 12.4. The summed E-state index contributed by atoms with van der Waals surface area (Å²) >= 11 is 0. The lowest BCUT2D eigenvalue weighted by atomic mass is 9.87. The van der Waals surface area contributed by atoms with E-state index < -0.39 is 0 Å². The van der Waals surface area contributed by atoms with Gasteiger partial charge in [-0.3, -0.25) is 0 Å². The highest BCUT2D eigenvalue weighted by Crippen LogP contribution is 2.21. The lowest BCUT2D eigenvalue weighted by Gasteiger charge is -2.33. The van der Waals surface area contributed by atoms with Gasteiger partial charge in [0.2, 0.25) is 0 Å². The summed E-state index contributed by atoms with van der Waals surface area (Å²) in [6.45, 7) is 8.06. The van der Waals surface area contributed by atoms with Crippen LogP contribution in [0.2, 0.25) is 0 Å². The lowest BCUT2D eigenvalue weighted by molar-refractivity contribution is 0.120. The minimum Gasteiger partial charge on any atom is -0.396 e. The normalized spacial score (nSPS) is 19.3. The van der Waals surface area contributed by atoms with Gasteiger partial charge in [-0.15, -0.1) is 0 Å². The number of nitrogens with zero attached hydrogens (tertiary/aromatic N) is 1. The van der Waals surface area contributed by atoms with Crippen LogP contribution in [0.3, 0.4) is 0 Å². The third-order valence-electron chi connectivity index (χ3n) is 3.73. The Bertz CT molecular complexity index is 284. The first-order chi connectivity index (χ1) is 8.84. The van der Waals surface area contributed by atoms with Gasteiger partial charge in [0.05, 0.1) is 6.10 Å². The molecule has 1 rings (SSSR count). The summed E-state index contributed by atoms with van der Waals surface area (Å²) in [5, 5.41) is 21.4. The van der Waals surface area contributed by atoms with Gasteiger partial charge in [-0.25, -0.2) is 4.79 Å². The standard InChI is InChI=1S/C14H28N2O3/c1-11(18)8-14(2,3)10-15-13(19)16-6-4-12(9-17)5-7-16/h11-12,17-18H,4-10H2,1-3H3,(H,15,19). The van der Waals surface area contributed by atoms with E-state index in [-0.39, 0.29) is 24.2 Å². The van der Waals surface area contributed by atoms with Crippen LogP contribution in [0.1, 0.15) is 40.0 Å². The maximum Gasteiger partial charge on any atom is 0.317 e. The first-order valence-electron chi connectivity index (χ1n) is 7.16. The molecule has 0 spiro atoms. The summed E-state index contributed by atoms with van der Waals surface area (Å²) in [5.74, 6) is 0.343. The minimum absolute atomic E-state index is 0.0324. The van der Waals surface area contributed by atoms with Crippen LogP contribution in [-0.4, -0.2) is 53.5 Å². The Morgan fingerprint density at radius 1 is 1.42 bits per heavy atom. The second-order valence-electron chi connectivity index (χ2n) is 6.49. The largest absolute Gasteiger partial charge is 0.396 e. The van der Waals surface area contributed by atoms with E-state index in [0.29, 0.717) is 32.0 Å². The summed E-state index contributed by atoms with van der Waals surface area (Å²) in [7, 11) is 0. The first kappa shape index (κ1) is 16.2. The molecule has 1 fully saturated rings. The van der Waals surface area contributed by atoms with Crippen molar-refractivity contribution in [3.05, 3.63) is 0 Å². The van der Waals surface area contributed by atoms with E-state index in [9.17, 15) is 9.90 Å². The molecule has 1 saturated heterocycles. The van der Waals surface area contributed by atoms with E-state index in [1.165, 1.54) is 0 Å². The molecule has 0 bridgehead atoms. The van der Waals surface area contributed by atoms with Gasteiger partial charge >= 0.3 is 6.03 Å². The quantitative estimate of drug-likeness (QED) is 0.704. The Kier molecular flexibility index (Phi) is 6.07. The Morgan fingerprint density at radius 2 is 2.00 bits per heavy atom. The Morgan fingerprint density at radius 3 is 2.47 bits per heavy atom. The molecule has 5 heteroatoms. The van der Waals surface area contributed by atoms with Gasteiger partial charge < -0.3 is 20.4 Å². The van der Waals surface area contributed by atoms with Crippen LogP contribution in [0.5, 0.6) is 0 Å². The second-order valence-corrected chi connectivity index (χ2v) is 6.49. The predicted molar refractivity (Wildman–Crippen MR) is 74.9 cm³/mol. The van der Waals surface area contributed by atoms with Crippen LogP contribution in [0.4, 0.5) is 4.79 Å². The van der Waals surface area contributed by atoms with Crippen molar-refractivity contribution in [3.63, 3.8) is 0 Å². The summed E-state index contributed by atoms with van der Waals surface area (Å²) in [4.78, 5) is 13.8. The lowest BCUT2D eigenvalue weighted by Crippen LogP contribution is -2.47. The van der Waals surface area contributed by atoms with Gasteiger partial charge in [-0.1, -0.05) is 13.8 Å². The fraction of sp³-hybridized carbons (Fsp3) is 0.929. The number of carbonyl (C=O) groups excluding carboxylic acids is 1. The second kappa shape index (κ2) is 7.10. The zero-order valence-corrected chi connectivity index (χ0v) is 12.4. The van der Waals surface area contributed by atoms with E-state index in [0.717, 1.165) is 12.8 Å². The molecule has 1 aliphatic heterocycles. The van der Waals surface area contributed by atoms with Crippen LogP contribution in [0, 0.1) is 11.3 Å². The molecule has 3 N–H and O–H groups in total. The monoisotopic (exact) mass is 272 g/mol. The Hall–Kier alpha value is -0.810. The maximum absolute atomic E-state index is 12.0. The topological polar surface area (TPSA) is 72.8 Å². The molecule has 0 aromatic carbocycles. The van der Waals surface area contributed by atoms with E-state index >= 15 is 0 Å². The number of urea groups is 1. The van der Waals surface area contributed by atoms with Crippen molar-refractivity contribution < 1.29 is 15.0 Å². The molecule has 1 unspecified atom stereocenters. The number of hydrogen-bond acceptors (Lipinski definition) is 3. The van der Waals surface area contributed by atoms with Crippen molar-refractivity contribution in [1.82, 2.24) is 10.2 Å². The SMILES string of the molecule is CC(O)CC(C)(C)CNC(=O)N1CCC(CO)CC1. The highest BCUT2D eigenvalue weighted by molar-refractivity contribution is 5.74. The van der Waals surface area contributed by atoms with Crippen LogP contribution in [0.25, 0.3) is 0 Å². The fourth-order valence-electron chi connectivity index (χ4n) is 2.62. The summed E-state index contributed by atoms with van der Waals surface area (Å²) in [6.07, 6.45) is 2.06. The molecule has 19 heavy (non-hydrogen) atoms. The molecular weight excluding hydrogens is 244 g/mol. The van der Waals surface area contributed by atoms with Gasteiger partial charge in [0.1, 0.15) is 0 Å². The van der Waals surface area contributed by atoms with E-state index in [1.807, 2.05) is 18.7 Å². The molecule has 112 valence electrons. The number of piperidine rings is 1. The highest BCUT2D eigenvalue weighted by atomic mass is 16.3. The van der Waals surface area contributed by atoms with E-state index in [4.69, 9.17) is 5.11 Å². The molecule has 0 radical (unpaired) electrons. The minimum atomic E-state index is -0.354. The zero-order chi connectivity index (χ0) is 14.5. The summed E-state index contributed by atoms with van der Waals surface area (Å²) in [6, 6.07) is -0.0324. The van der Waals surface area contributed by atoms with Crippen molar-refractivity contribution in [2.75, 3.05) is 26.2 Å². The number of aliphatic hydroxyl groups excluding tert-OH is 2. The van der Waals surface area contributed by atoms with Crippen molar-refractivity contribution in [3.8, 4) is 0 Å². The molecule has 0 aliphatic carbocycles. The van der Waals surface area contributed by atoms with Gasteiger partial charge in [0.15, 0.2) is 0 Å². The number of likely N-dealkylation sites (tertiary alicyclic amines) is 1. The number of nitrogens with one attached hydrogen (secondary N) is 1. The van der Waals surface area contributed by atoms with Crippen LogP contribution in [0.15, 0.2) is 0 Å². The predicted octanol–water partition coefficient (Wildman–Crippen LogP) is 1.20. The average molecular weight is 272 g/mol. The van der Waals surface area contributed by atoms with Crippen molar-refractivity contribution in [2.45, 2.75) is 46.1 Å². The molecule has 1 aliphatic rings. The van der Waals surface area contributed by atoms with Gasteiger partial charge in [0, 0.05) is 26.2 Å². The van der Waals surface area contributed by atoms with Crippen molar-refractivity contribution in [1.29, 1.82) is 0 Å². The number of aliphatic hydroxyl groups is 2. The summed E-state index contributed by atoms with van der Waals surface area (Å²) in [5.41, 5.74) is -0.104. The third-order valence-corrected chi connectivity index (χ3v) is 3.73. The Balaban J connectivity index is 2.32. The Labute approximate surface area is 116 Å². The van der Waals surface area contributed by atoms with Crippen LogP contribution < -0.4 is 5.32 Å². The molecule has 1 heterocycles.